The van der Waals surface area contributed by atoms with Crippen LogP contribution in [-0.4, -0.2) is 36.7 Å². The van der Waals surface area contributed by atoms with E-state index in [4.69, 9.17) is 9.47 Å². The number of ether oxygens (including phenoxy) is 2. The SMILES string of the molecule is CCOC(=O)[C@@H]1[C@H]2COc3ccccc3[C@H]2N2CC=C[C@H]12. The average Bonchev–Trinajstić information content (AvgIpc) is 3.06. The molecule has 0 radical (unpaired) electrons. The Labute approximate surface area is 124 Å². The van der Waals surface area contributed by atoms with Crippen LogP contribution in [0.4, 0.5) is 0 Å². The molecule has 110 valence electrons. The zero-order chi connectivity index (χ0) is 14.4. The Hall–Kier alpha value is -1.81. The van der Waals surface area contributed by atoms with E-state index in [0.29, 0.717) is 13.2 Å². The van der Waals surface area contributed by atoms with Gasteiger partial charge in [0.25, 0.3) is 0 Å². The number of hydrogen-bond acceptors (Lipinski definition) is 4. The normalized spacial score (nSPS) is 33.0. The highest BCUT2D eigenvalue weighted by Crippen LogP contribution is 2.51. The predicted molar refractivity (Wildman–Crippen MR) is 77.9 cm³/mol. The standard InChI is InChI=1S/C17H19NO3/c1-2-20-17(19)15-12-10-21-14-8-4-3-6-11(14)16(12)18-9-5-7-13(15)18/h3-8,12-13,15-16H,2,9-10H2,1H3/t12-,13-,15-,16-/m1/s1. The maximum atomic E-state index is 12.4. The molecule has 4 atom stereocenters. The molecule has 0 bridgehead atoms. The highest BCUT2D eigenvalue weighted by Gasteiger charge is 2.55. The summed E-state index contributed by atoms with van der Waals surface area (Å²) in [5.41, 5.74) is 1.20. The zero-order valence-electron chi connectivity index (χ0n) is 12.1. The smallest absolute Gasteiger partial charge is 0.311 e. The van der Waals surface area contributed by atoms with E-state index in [-0.39, 0.29) is 29.9 Å². The van der Waals surface area contributed by atoms with Gasteiger partial charge in [0.15, 0.2) is 0 Å². The third-order valence-corrected chi connectivity index (χ3v) is 4.85. The zero-order valence-corrected chi connectivity index (χ0v) is 12.1. The highest BCUT2D eigenvalue weighted by atomic mass is 16.5. The Bertz CT molecular complexity index is 597. The minimum Gasteiger partial charge on any atom is -0.493 e. The molecule has 0 aromatic heterocycles. The monoisotopic (exact) mass is 285 g/mol. The van der Waals surface area contributed by atoms with E-state index in [1.165, 1.54) is 5.56 Å². The Morgan fingerprint density at radius 3 is 3.14 bits per heavy atom. The number of fused-ring (bicyclic) bond motifs is 5. The lowest BCUT2D eigenvalue weighted by Crippen LogP contribution is -2.34. The number of rotatable bonds is 2. The van der Waals surface area contributed by atoms with Gasteiger partial charge in [0, 0.05) is 30.1 Å². The lowest BCUT2D eigenvalue weighted by atomic mass is 9.83. The summed E-state index contributed by atoms with van der Waals surface area (Å²) in [6.07, 6.45) is 4.31. The Kier molecular flexibility index (Phi) is 3.00. The van der Waals surface area contributed by atoms with E-state index in [9.17, 15) is 4.79 Å². The molecule has 3 aliphatic heterocycles. The lowest BCUT2D eigenvalue weighted by molar-refractivity contribution is -0.150. The van der Waals surface area contributed by atoms with Gasteiger partial charge in [-0.2, -0.15) is 0 Å². The number of esters is 1. The van der Waals surface area contributed by atoms with Crippen LogP contribution in [-0.2, 0) is 9.53 Å². The summed E-state index contributed by atoms with van der Waals surface area (Å²) in [6, 6.07) is 8.58. The molecular weight excluding hydrogens is 266 g/mol. The first kappa shape index (κ1) is 12.9. The topological polar surface area (TPSA) is 38.8 Å². The van der Waals surface area contributed by atoms with Crippen molar-refractivity contribution in [3.63, 3.8) is 0 Å². The molecule has 1 aromatic rings. The van der Waals surface area contributed by atoms with Crippen LogP contribution >= 0.6 is 0 Å². The summed E-state index contributed by atoms with van der Waals surface area (Å²) in [5.74, 6) is 0.916. The van der Waals surface area contributed by atoms with Crippen molar-refractivity contribution in [2.75, 3.05) is 19.8 Å². The third-order valence-electron chi connectivity index (χ3n) is 4.85. The molecule has 0 amide bonds. The van der Waals surface area contributed by atoms with Crippen molar-refractivity contribution in [2.45, 2.75) is 19.0 Å². The molecule has 0 unspecified atom stereocenters. The number of nitrogens with zero attached hydrogens (tertiary/aromatic N) is 1. The van der Waals surface area contributed by atoms with Gasteiger partial charge in [-0.05, 0) is 13.0 Å². The van der Waals surface area contributed by atoms with Crippen molar-refractivity contribution in [3.8, 4) is 5.75 Å². The maximum Gasteiger partial charge on any atom is 0.311 e. The predicted octanol–water partition coefficient (Wildman–Crippen LogP) is 2.17. The van der Waals surface area contributed by atoms with E-state index < -0.39 is 0 Å². The van der Waals surface area contributed by atoms with Crippen molar-refractivity contribution in [3.05, 3.63) is 42.0 Å². The van der Waals surface area contributed by atoms with Gasteiger partial charge in [0.05, 0.1) is 19.1 Å². The fourth-order valence-electron chi connectivity index (χ4n) is 4.07. The minimum atomic E-state index is -0.123. The molecule has 0 N–H and O–H groups in total. The van der Waals surface area contributed by atoms with Crippen LogP contribution in [0.1, 0.15) is 18.5 Å². The van der Waals surface area contributed by atoms with Crippen LogP contribution in [0.25, 0.3) is 0 Å². The molecule has 4 heteroatoms. The molecule has 0 spiro atoms. The van der Waals surface area contributed by atoms with Gasteiger partial charge < -0.3 is 9.47 Å². The Morgan fingerprint density at radius 2 is 2.29 bits per heavy atom. The fraction of sp³-hybridized carbons (Fsp3) is 0.471. The van der Waals surface area contributed by atoms with Crippen molar-refractivity contribution in [2.24, 2.45) is 11.8 Å². The minimum absolute atomic E-state index is 0.0884. The summed E-state index contributed by atoms with van der Waals surface area (Å²) >= 11 is 0. The molecule has 3 aliphatic rings. The van der Waals surface area contributed by atoms with Gasteiger partial charge in [-0.3, -0.25) is 9.69 Å². The quantitative estimate of drug-likeness (QED) is 0.616. The van der Waals surface area contributed by atoms with Gasteiger partial charge in [0.1, 0.15) is 5.75 Å². The molecule has 3 heterocycles. The van der Waals surface area contributed by atoms with Crippen molar-refractivity contribution < 1.29 is 14.3 Å². The number of para-hydroxylation sites is 1. The second-order valence-corrected chi connectivity index (χ2v) is 5.85. The van der Waals surface area contributed by atoms with Crippen LogP contribution in [0.5, 0.6) is 5.75 Å². The summed E-state index contributed by atoms with van der Waals surface area (Å²) < 4.78 is 11.2. The molecule has 1 aromatic carbocycles. The van der Waals surface area contributed by atoms with Crippen LogP contribution in [0.3, 0.4) is 0 Å². The van der Waals surface area contributed by atoms with Crippen molar-refractivity contribution in [1.82, 2.24) is 4.90 Å². The molecular formula is C17H19NO3. The number of carbonyl (C=O) groups is 1. The summed E-state index contributed by atoms with van der Waals surface area (Å²) in [6.45, 7) is 3.78. The van der Waals surface area contributed by atoms with Crippen molar-refractivity contribution in [1.29, 1.82) is 0 Å². The van der Waals surface area contributed by atoms with E-state index >= 15 is 0 Å². The highest BCUT2D eigenvalue weighted by molar-refractivity contribution is 5.75. The molecule has 21 heavy (non-hydrogen) atoms. The van der Waals surface area contributed by atoms with Gasteiger partial charge in [-0.25, -0.2) is 0 Å². The molecule has 1 fully saturated rings. The van der Waals surface area contributed by atoms with Crippen molar-refractivity contribution >= 4 is 5.97 Å². The van der Waals surface area contributed by atoms with Gasteiger partial charge in [-0.1, -0.05) is 30.4 Å². The second-order valence-electron chi connectivity index (χ2n) is 5.85. The fourth-order valence-corrected chi connectivity index (χ4v) is 4.07. The second kappa shape index (κ2) is 4.88. The third kappa shape index (κ3) is 1.82. The van der Waals surface area contributed by atoms with E-state index in [1.807, 2.05) is 25.1 Å². The summed E-state index contributed by atoms with van der Waals surface area (Å²) in [5, 5.41) is 0. The number of hydrogen-bond donors (Lipinski definition) is 0. The van der Waals surface area contributed by atoms with Crippen LogP contribution in [0, 0.1) is 11.8 Å². The molecule has 4 nitrogen and oxygen atoms in total. The number of benzene rings is 1. The van der Waals surface area contributed by atoms with Gasteiger partial charge in [0.2, 0.25) is 0 Å². The summed E-state index contributed by atoms with van der Waals surface area (Å²) in [7, 11) is 0. The lowest BCUT2D eigenvalue weighted by Gasteiger charge is -2.33. The molecule has 1 saturated heterocycles. The van der Waals surface area contributed by atoms with E-state index in [1.54, 1.807) is 0 Å². The number of carbonyl (C=O) groups excluding carboxylic acids is 1. The van der Waals surface area contributed by atoms with Crippen LogP contribution in [0.2, 0.25) is 0 Å². The van der Waals surface area contributed by atoms with E-state index in [2.05, 4.69) is 23.1 Å². The van der Waals surface area contributed by atoms with Crippen LogP contribution < -0.4 is 4.74 Å². The first-order chi connectivity index (χ1) is 10.3. The first-order valence-corrected chi connectivity index (χ1v) is 7.62. The maximum absolute atomic E-state index is 12.4. The first-order valence-electron chi connectivity index (χ1n) is 7.62. The molecule has 0 saturated carbocycles. The average molecular weight is 285 g/mol. The Morgan fingerprint density at radius 1 is 1.43 bits per heavy atom. The molecule has 0 aliphatic carbocycles. The molecule has 4 rings (SSSR count). The summed E-state index contributed by atoms with van der Waals surface area (Å²) in [4.78, 5) is 14.8. The van der Waals surface area contributed by atoms with Gasteiger partial charge >= 0.3 is 5.97 Å². The van der Waals surface area contributed by atoms with Gasteiger partial charge in [-0.15, -0.1) is 0 Å². The van der Waals surface area contributed by atoms with E-state index in [0.717, 1.165) is 12.3 Å². The van der Waals surface area contributed by atoms with Crippen LogP contribution in [0.15, 0.2) is 36.4 Å². The largest absolute Gasteiger partial charge is 0.493 e. The Balaban J connectivity index is 1.74.